The van der Waals surface area contributed by atoms with Gasteiger partial charge in [0.05, 0.1) is 19.3 Å². The summed E-state index contributed by atoms with van der Waals surface area (Å²) in [5, 5.41) is 2.54. The highest BCUT2D eigenvalue weighted by molar-refractivity contribution is 6.08. The van der Waals surface area contributed by atoms with Crippen LogP contribution >= 0.6 is 0 Å². The molecule has 0 aliphatic carbocycles. The smallest absolute Gasteiger partial charge is 0.262 e. The molecule has 9 heteroatoms. The van der Waals surface area contributed by atoms with Crippen molar-refractivity contribution in [2.75, 3.05) is 32.2 Å². The number of amides is 3. The van der Waals surface area contributed by atoms with E-state index >= 15 is 0 Å². The predicted octanol–water partition coefficient (Wildman–Crippen LogP) is 0.713. The largest absolute Gasteiger partial charge is 0.493 e. The number of likely N-dealkylation sites (N-methyl/N-ethyl adjacent to an activating group) is 1. The molecule has 0 radical (unpaired) electrons. The monoisotopic (exact) mass is 399 g/mol. The Balaban J connectivity index is 1.92. The van der Waals surface area contributed by atoms with E-state index in [-0.39, 0.29) is 36.5 Å². The third kappa shape index (κ3) is 4.23. The van der Waals surface area contributed by atoms with Gasteiger partial charge in [-0.25, -0.2) is 0 Å². The lowest BCUT2D eigenvalue weighted by atomic mass is 10.1. The predicted molar refractivity (Wildman–Crippen MR) is 104 cm³/mol. The first-order chi connectivity index (χ1) is 13.9. The second-order valence-corrected chi connectivity index (χ2v) is 6.22. The van der Waals surface area contributed by atoms with Crippen molar-refractivity contribution in [3.63, 3.8) is 0 Å². The van der Waals surface area contributed by atoms with Gasteiger partial charge >= 0.3 is 0 Å². The molecule has 0 bridgehead atoms. The molecule has 3 N–H and O–H groups in total. The van der Waals surface area contributed by atoms with Crippen molar-refractivity contribution in [3.8, 4) is 17.2 Å². The summed E-state index contributed by atoms with van der Waals surface area (Å²) in [6.07, 6.45) is -0.834. The topological polar surface area (TPSA) is 120 Å². The molecule has 3 amide bonds. The summed E-state index contributed by atoms with van der Waals surface area (Å²) in [4.78, 5) is 37.8. The fraction of sp³-hybridized carbons (Fsp3) is 0.250. The van der Waals surface area contributed by atoms with Crippen LogP contribution in [0.25, 0.3) is 0 Å². The molecule has 0 aromatic heterocycles. The number of hydrogen-bond acceptors (Lipinski definition) is 6. The third-order valence-electron chi connectivity index (χ3n) is 4.34. The van der Waals surface area contributed by atoms with Crippen LogP contribution in [0.3, 0.4) is 0 Å². The highest BCUT2D eigenvalue weighted by Crippen LogP contribution is 2.35. The van der Waals surface area contributed by atoms with E-state index in [1.54, 1.807) is 30.3 Å². The molecule has 2 aromatic carbocycles. The molecule has 1 heterocycles. The van der Waals surface area contributed by atoms with E-state index in [0.29, 0.717) is 17.0 Å². The zero-order valence-electron chi connectivity index (χ0n) is 16.0. The maximum absolute atomic E-state index is 13.2. The van der Waals surface area contributed by atoms with E-state index in [0.717, 1.165) is 0 Å². The summed E-state index contributed by atoms with van der Waals surface area (Å²) >= 11 is 0. The number of hydrogen-bond donors (Lipinski definition) is 2. The van der Waals surface area contributed by atoms with Crippen molar-refractivity contribution in [2.24, 2.45) is 5.73 Å². The van der Waals surface area contributed by atoms with Gasteiger partial charge in [0.1, 0.15) is 5.75 Å². The van der Waals surface area contributed by atoms with Crippen LogP contribution in [-0.2, 0) is 9.59 Å². The number of carbonyl (C=O) groups is 3. The first-order valence-corrected chi connectivity index (χ1v) is 8.83. The van der Waals surface area contributed by atoms with Crippen LogP contribution in [0.4, 0.5) is 5.69 Å². The van der Waals surface area contributed by atoms with E-state index in [1.165, 1.54) is 31.2 Å². The van der Waals surface area contributed by atoms with Gasteiger partial charge in [-0.05, 0) is 30.3 Å². The lowest BCUT2D eigenvalue weighted by molar-refractivity contribution is -0.127. The van der Waals surface area contributed by atoms with E-state index in [4.69, 9.17) is 19.9 Å². The number of para-hydroxylation sites is 2. The van der Waals surface area contributed by atoms with Gasteiger partial charge < -0.3 is 30.2 Å². The van der Waals surface area contributed by atoms with Gasteiger partial charge in [0.15, 0.2) is 24.2 Å². The molecule has 0 saturated carbocycles. The number of carbonyl (C=O) groups excluding carboxylic acids is 3. The quantitative estimate of drug-likeness (QED) is 0.738. The summed E-state index contributed by atoms with van der Waals surface area (Å²) in [7, 11) is 2.93. The minimum absolute atomic E-state index is 0.0533. The number of nitrogens with two attached hydrogens (primary N) is 1. The summed E-state index contributed by atoms with van der Waals surface area (Å²) in [5.41, 5.74) is 5.97. The van der Waals surface area contributed by atoms with Gasteiger partial charge in [-0.2, -0.15) is 0 Å². The molecule has 1 aliphatic heterocycles. The minimum atomic E-state index is -0.834. The number of primary amides is 1. The summed E-state index contributed by atoms with van der Waals surface area (Å²) < 4.78 is 16.3. The Morgan fingerprint density at radius 1 is 1.21 bits per heavy atom. The van der Waals surface area contributed by atoms with Gasteiger partial charge in [-0.15, -0.1) is 0 Å². The number of ether oxygens (including phenoxy) is 3. The Morgan fingerprint density at radius 3 is 2.66 bits per heavy atom. The molecule has 152 valence electrons. The third-order valence-corrected chi connectivity index (χ3v) is 4.34. The van der Waals surface area contributed by atoms with Gasteiger partial charge in [-0.1, -0.05) is 12.1 Å². The number of fused-ring (bicyclic) bond motifs is 1. The van der Waals surface area contributed by atoms with Crippen molar-refractivity contribution in [2.45, 2.75) is 6.10 Å². The first-order valence-electron chi connectivity index (χ1n) is 8.83. The molecular weight excluding hydrogens is 378 g/mol. The van der Waals surface area contributed by atoms with E-state index in [1.807, 2.05) is 0 Å². The van der Waals surface area contributed by atoms with Crippen LogP contribution < -0.4 is 30.2 Å². The minimum Gasteiger partial charge on any atom is -0.493 e. The Hall–Kier alpha value is -3.75. The van der Waals surface area contributed by atoms with Crippen LogP contribution in [-0.4, -0.2) is 51.1 Å². The van der Waals surface area contributed by atoms with Crippen molar-refractivity contribution in [1.29, 1.82) is 0 Å². The number of benzene rings is 2. The molecule has 3 rings (SSSR count). The number of rotatable bonds is 6. The lowest BCUT2D eigenvalue weighted by Crippen LogP contribution is -2.50. The second-order valence-electron chi connectivity index (χ2n) is 6.22. The van der Waals surface area contributed by atoms with Gasteiger partial charge in [0, 0.05) is 12.6 Å². The maximum Gasteiger partial charge on any atom is 0.262 e. The highest BCUT2D eigenvalue weighted by atomic mass is 16.5. The number of anilines is 1. The molecule has 1 atom stereocenters. The van der Waals surface area contributed by atoms with Crippen LogP contribution in [0.1, 0.15) is 10.4 Å². The Morgan fingerprint density at radius 2 is 1.97 bits per heavy atom. The van der Waals surface area contributed by atoms with Crippen LogP contribution in [0.15, 0.2) is 42.5 Å². The van der Waals surface area contributed by atoms with Crippen LogP contribution in [0, 0.1) is 0 Å². The Labute approximate surface area is 167 Å². The molecule has 29 heavy (non-hydrogen) atoms. The fourth-order valence-electron chi connectivity index (χ4n) is 2.95. The molecule has 2 aromatic rings. The number of methoxy groups -OCH3 is 1. The van der Waals surface area contributed by atoms with Crippen molar-refractivity contribution < 1.29 is 28.6 Å². The highest BCUT2D eigenvalue weighted by Gasteiger charge is 2.34. The number of nitrogens with one attached hydrogen (secondary N) is 1. The molecule has 0 fully saturated rings. The van der Waals surface area contributed by atoms with Crippen LogP contribution in [0.2, 0.25) is 0 Å². The first kappa shape index (κ1) is 20.0. The van der Waals surface area contributed by atoms with Gasteiger partial charge in [0.2, 0.25) is 0 Å². The van der Waals surface area contributed by atoms with Crippen molar-refractivity contribution >= 4 is 23.4 Å². The molecule has 9 nitrogen and oxygen atoms in total. The normalized spacial score (nSPS) is 15.0. The molecule has 0 saturated heterocycles. The molecule has 1 aliphatic rings. The van der Waals surface area contributed by atoms with Gasteiger partial charge in [0.25, 0.3) is 17.7 Å². The van der Waals surface area contributed by atoms with Crippen LogP contribution in [0.5, 0.6) is 17.2 Å². The van der Waals surface area contributed by atoms with E-state index in [9.17, 15) is 14.4 Å². The lowest BCUT2D eigenvalue weighted by Gasteiger charge is -2.34. The second kappa shape index (κ2) is 8.51. The summed E-state index contributed by atoms with van der Waals surface area (Å²) in [5.74, 6) is -0.291. The zero-order chi connectivity index (χ0) is 21.0. The Kier molecular flexibility index (Phi) is 5.87. The number of nitrogens with zero attached hydrogens (tertiary/aromatic N) is 1. The van der Waals surface area contributed by atoms with Crippen molar-refractivity contribution in [1.82, 2.24) is 5.32 Å². The maximum atomic E-state index is 13.2. The van der Waals surface area contributed by atoms with E-state index < -0.39 is 12.0 Å². The van der Waals surface area contributed by atoms with E-state index in [2.05, 4.69) is 5.32 Å². The average Bonchev–Trinajstić information content (AvgIpc) is 2.75. The van der Waals surface area contributed by atoms with Gasteiger partial charge in [-0.3, -0.25) is 14.4 Å². The SMILES string of the molecule is CNC(=O)[C@@H]1CN(C(=O)c2ccc(OCC(N)=O)c(OC)c2)c2ccccc2O1. The summed E-state index contributed by atoms with van der Waals surface area (Å²) in [6, 6.07) is 11.6. The zero-order valence-corrected chi connectivity index (χ0v) is 16.0. The molecular formula is C20H21N3O6. The average molecular weight is 399 g/mol. The fourth-order valence-corrected chi connectivity index (χ4v) is 2.95. The Bertz CT molecular complexity index is 946. The summed E-state index contributed by atoms with van der Waals surface area (Å²) in [6.45, 7) is -0.258. The standard InChI is InChI=1S/C20H21N3O6/c1-22-19(25)17-10-23(13-5-3-4-6-14(13)29-17)20(26)12-7-8-15(16(9-12)27-2)28-11-18(21)24/h3-9,17H,10-11H2,1-2H3,(H2,21,24)(H,22,25)/t17-/m0/s1. The molecule has 0 unspecified atom stereocenters. The molecule has 0 spiro atoms. The van der Waals surface area contributed by atoms with Crippen molar-refractivity contribution in [3.05, 3.63) is 48.0 Å².